The Morgan fingerprint density at radius 1 is 1.04 bits per heavy atom. The molecule has 5 rings (SSSR count). The molecule has 0 fully saturated rings. The summed E-state index contributed by atoms with van der Waals surface area (Å²) in [5, 5.41) is 6.20. The topological polar surface area (TPSA) is 61.7 Å². The maximum Gasteiger partial charge on any atom is 0.156 e. The number of nitrogens with zero attached hydrogens (tertiary/aromatic N) is 5. The first kappa shape index (κ1) is 13.3. The van der Waals surface area contributed by atoms with E-state index in [0.29, 0.717) is 0 Å². The summed E-state index contributed by atoms with van der Waals surface area (Å²) in [5.41, 5.74) is 4.42. The van der Waals surface area contributed by atoms with Crippen LogP contribution in [0.25, 0.3) is 34.2 Å². The Balaban J connectivity index is 1.63. The van der Waals surface area contributed by atoms with Crippen molar-refractivity contribution in [3.05, 3.63) is 65.9 Å². The zero-order valence-corrected chi connectivity index (χ0v) is 13.2. The highest BCUT2D eigenvalue weighted by Gasteiger charge is 2.13. The van der Waals surface area contributed by atoms with Crippen LogP contribution in [0.2, 0.25) is 0 Å². The predicted molar refractivity (Wildman–Crippen MR) is 91.6 cm³/mol. The van der Waals surface area contributed by atoms with Gasteiger partial charge in [-0.2, -0.15) is 5.10 Å². The molecule has 5 aromatic heterocycles. The predicted octanol–water partition coefficient (Wildman–Crippen LogP) is 3.93. The molecule has 0 aliphatic rings. The Morgan fingerprint density at radius 3 is 2.83 bits per heavy atom. The quantitative estimate of drug-likeness (QED) is 0.502. The van der Waals surface area contributed by atoms with Gasteiger partial charge in [-0.05, 0) is 24.3 Å². The Labute approximate surface area is 140 Å². The number of aromatic nitrogens is 5. The lowest BCUT2D eigenvalue weighted by Gasteiger charge is -2.05. The fourth-order valence-electron chi connectivity index (χ4n) is 2.66. The van der Waals surface area contributed by atoms with Crippen LogP contribution in [0.1, 0.15) is 0 Å². The molecule has 0 saturated heterocycles. The number of thiazole rings is 1. The molecule has 0 aromatic carbocycles. The van der Waals surface area contributed by atoms with Crippen LogP contribution in [0.3, 0.4) is 0 Å². The molecule has 0 radical (unpaired) electrons. The van der Waals surface area contributed by atoms with E-state index in [1.807, 2.05) is 58.7 Å². The van der Waals surface area contributed by atoms with Gasteiger partial charge in [0.15, 0.2) is 17.2 Å². The van der Waals surface area contributed by atoms with E-state index in [1.165, 1.54) is 0 Å². The van der Waals surface area contributed by atoms with Crippen molar-refractivity contribution in [1.29, 1.82) is 0 Å². The van der Waals surface area contributed by atoms with E-state index >= 15 is 0 Å². The summed E-state index contributed by atoms with van der Waals surface area (Å²) in [6.07, 6.45) is 5.56. The van der Waals surface area contributed by atoms with Crippen LogP contribution >= 0.6 is 11.3 Å². The number of pyridine rings is 1. The van der Waals surface area contributed by atoms with Crippen LogP contribution in [0.5, 0.6) is 0 Å². The first-order chi connectivity index (χ1) is 11.9. The summed E-state index contributed by atoms with van der Waals surface area (Å²) < 4.78 is 9.63. The Morgan fingerprint density at radius 2 is 2.00 bits per heavy atom. The molecule has 116 valence electrons. The molecule has 0 unspecified atom stereocenters. The molecule has 0 bridgehead atoms. The second kappa shape index (κ2) is 5.17. The average molecular weight is 333 g/mol. The van der Waals surface area contributed by atoms with Crippen molar-refractivity contribution in [2.75, 3.05) is 0 Å². The first-order valence-corrected chi connectivity index (χ1v) is 8.30. The standard InChI is InChI=1S/C17H11N5OS/c1-3-16(20-17(4-1)22-7-2-6-19-22)21-8-5-14-13(21)9-15(23-14)12-10-24-11-18-12/h1-11H. The lowest BCUT2D eigenvalue weighted by atomic mass is 10.3. The van der Waals surface area contributed by atoms with E-state index in [4.69, 9.17) is 4.42 Å². The molecule has 0 aliphatic carbocycles. The van der Waals surface area contributed by atoms with Gasteiger partial charge in [0.05, 0.1) is 11.0 Å². The maximum absolute atomic E-state index is 5.90. The van der Waals surface area contributed by atoms with Gasteiger partial charge in [0.2, 0.25) is 0 Å². The molecule has 5 heterocycles. The lowest BCUT2D eigenvalue weighted by Crippen LogP contribution is -2.02. The molecule has 0 atom stereocenters. The number of hydrogen-bond acceptors (Lipinski definition) is 5. The highest BCUT2D eigenvalue weighted by molar-refractivity contribution is 7.07. The Hall–Kier alpha value is -3.19. The number of hydrogen-bond donors (Lipinski definition) is 0. The van der Waals surface area contributed by atoms with Crippen LogP contribution in [-0.4, -0.2) is 24.3 Å². The molecule has 0 amide bonds. The van der Waals surface area contributed by atoms with Gasteiger partial charge in [0.1, 0.15) is 11.5 Å². The van der Waals surface area contributed by atoms with Gasteiger partial charge in [-0.15, -0.1) is 11.3 Å². The molecular weight excluding hydrogens is 322 g/mol. The highest BCUT2D eigenvalue weighted by atomic mass is 32.1. The molecule has 24 heavy (non-hydrogen) atoms. The maximum atomic E-state index is 5.90. The zero-order chi connectivity index (χ0) is 15.9. The minimum Gasteiger partial charge on any atom is -0.453 e. The average Bonchev–Trinajstić information content (AvgIpc) is 3.38. The van der Waals surface area contributed by atoms with Crippen LogP contribution < -0.4 is 0 Å². The fraction of sp³-hybridized carbons (Fsp3) is 0. The minimum atomic E-state index is 0.763. The molecular formula is C17H11N5OS. The van der Waals surface area contributed by atoms with E-state index in [0.717, 1.165) is 34.2 Å². The normalized spacial score (nSPS) is 11.3. The van der Waals surface area contributed by atoms with Gasteiger partial charge in [0.25, 0.3) is 0 Å². The van der Waals surface area contributed by atoms with Crippen molar-refractivity contribution in [2.45, 2.75) is 0 Å². The van der Waals surface area contributed by atoms with Gasteiger partial charge in [-0.1, -0.05) is 6.07 Å². The summed E-state index contributed by atoms with van der Waals surface area (Å²) in [6, 6.07) is 11.7. The van der Waals surface area contributed by atoms with Gasteiger partial charge in [-0.3, -0.25) is 4.57 Å². The van der Waals surface area contributed by atoms with Crippen molar-refractivity contribution in [2.24, 2.45) is 0 Å². The number of rotatable bonds is 3. The van der Waals surface area contributed by atoms with Crippen molar-refractivity contribution >= 4 is 22.4 Å². The minimum absolute atomic E-state index is 0.763. The summed E-state index contributed by atoms with van der Waals surface area (Å²) in [7, 11) is 0. The van der Waals surface area contributed by atoms with Crippen LogP contribution in [0, 0.1) is 0 Å². The Kier molecular flexibility index (Phi) is 2.86. The largest absolute Gasteiger partial charge is 0.453 e. The monoisotopic (exact) mass is 333 g/mol. The zero-order valence-electron chi connectivity index (χ0n) is 12.4. The van der Waals surface area contributed by atoms with E-state index in [2.05, 4.69) is 15.1 Å². The van der Waals surface area contributed by atoms with Gasteiger partial charge < -0.3 is 4.42 Å². The van der Waals surface area contributed by atoms with Crippen LogP contribution in [-0.2, 0) is 0 Å². The molecule has 5 aromatic rings. The number of furan rings is 1. The molecule has 0 N–H and O–H groups in total. The number of fused-ring (bicyclic) bond motifs is 1. The van der Waals surface area contributed by atoms with E-state index in [-0.39, 0.29) is 0 Å². The first-order valence-electron chi connectivity index (χ1n) is 7.35. The molecule has 0 spiro atoms. The lowest BCUT2D eigenvalue weighted by molar-refractivity contribution is 0.630. The third kappa shape index (κ3) is 2.06. The van der Waals surface area contributed by atoms with E-state index in [9.17, 15) is 0 Å². The smallest absolute Gasteiger partial charge is 0.156 e. The second-order valence-electron chi connectivity index (χ2n) is 5.22. The highest BCUT2D eigenvalue weighted by Crippen LogP contribution is 2.29. The second-order valence-corrected chi connectivity index (χ2v) is 5.94. The molecule has 6 nitrogen and oxygen atoms in total. The van der Waals surface area contributed by atoms with Crippen molar-refractivity contribution in [3.63, 3.8) is 0 Å². The summed E-state index contributed by atoms with van der Waals surface area (Å²) >= 11 is 1.55. The van der Waals surface area contributed by atoms with Crippen LogP contribution in [0.4, 0.5) is 0 Å². The van der Waals surface area contributed by atoms with Crippen molar-refractivity contribution in [3.8, 4) is 23.1 Å². The summed E-state index contributed by atoms with van der Waals surface area (Å²) in [5.74, 6) is 2.34. The SMILES string of the molecule is c1cc(-n2cccn2)nc(-n2ccc3oc(-c4cscn4)cc32)c1. The molecule has 0 saturated carbocycles. The van der Waals surface area contributed by atoms with Crippen molar-refractivity contribution in [1.82, 2.24) is 24.3 Å². The molecule has 0 aliphatic heterocycles. The van der Waals surface area contributed by atoms with Gasteiger partial charge in [-0.25, -0.2) is 14.6 Å². The van der Waals surface area contributed by atoms with E-state index < -0.39 is 0 Å². The third-order valence-electron chi connectivity index (χ3n) is 3.77. The van der Waals surface area contributed by atoms with Crippen LogP contribution in [0.15, 0.2) is 70.3 Å². The fourth-order valence-corrected chi connectivity index (χ4v) is 3.21. The van der Waals surface area contributed by atoms with Gasteiger partial charge in [0, 0.05) is 30.0 Å². The molecule has 7 heteroatoms. The van der Waals surface area contributed by atoms with Crippen molar-refractivity contribution < 1.29 is 4.42 Å². The third-order valence-corrected chi connectivity index (χ3v) is 4.35. The summed E-state index contributed by atoms with van der Waals surface area (Å²) in [4.78, 5) is 8.99. The summed E-state index contributed by atoms with van der Waals surface area (Å²) in [6.45, 7) is 0. The Bertz CT molecular complexity index is 1110. The van der Waals surface area contributed by atoms with E-state index in [1.54, 1.807) is 27.7 Å². The van der Waals surface area contributed by atoms with Gasteiger partial charge >= 0.3 is 0 Å².